The van der Waals surface area contributed by atoms with Crippen LogP contribution >= 0.6 is 11.6 Å². The lowest BCUT2D eigenvalue weighted by Gasteiger charge is -2.06. The number of nitrogens with zero attached hydrogens (tertiary/aromatic N) is 2. The van der Waals surface area contributed by atoms with Crippen molar-refractivity contribution in [3.8, 4) is 5.75 Å². The average molecular weight is 379 g/mol. The van der Waals surface area contributed by atoms with Gasteiger partial charge in [0.2, 0.25) is 0 Å². The molecule has 1 aromatic heterocycles. The van der Waals surface area contributed by atoms with E-state index in [0.29, 0.717) is 6.61 Å². The monoisotopic (exact) mass is 378 g/mol. The number of pyridine rings is 1. The first-order chi connectivity index (χ1) is 13.1. The van der Waals surface area contributed by atoms with Gasteiger partial charge < -0.3 is 4.74 Å². The molecule has 0 N–H and O–H groups in total. The molecule has 0 atom stereocenters. The Morgan fingerprint density at radius 3 is 2.56 bits per heavy atom. The molecule has 27 heavy (non-hydrogen) atoms. The van der Waals surface area contributed by atoms with Crippen LogP contribution in [0.3, 0.4) is 0 Å². The molecule has 0 unspecified atom stereocenters. The minimum Gasteiger partial charge on any atom is -0.493 e. The van der Waals surface area contributed by atoms with Gasteiger partial charge in [-0.05, 0) is 72.5 Å². The Morgan fingerprint density at radius 2 is 1.89 bits per heavy atom. The standard InChI is InChI=1S/C23H23ClN2O/c1-3-18-5-9-20(25-15-18)12-13-27-22-10-6-19(7-11-22)16-26-21-8-4-17(2)23(24)14-21/h4-11,14-16H,3,12-13H2,1-2H3. The van der Waals surface area contributed by atoms with Crippen molar-refractivity contribution in [3.63, 3.8) is 0 Å². The highest BCUT2D eigenvalue weighted by atomic mass is 35.5. The Bertz CT molecular complexity index is 903. The van der Waals surface area contributed by atoms with Gasteiger partial charge >= 0.3 is 0 Å². The molecular formula is C23H23ClN2O. The number of aryl methyl sites for hydroxylation is 2. The maximum Gasteiger partial charge on any atom is 0.119 e. The van der Waals surface area contributed by atoms with E-state index in [4.69, 9.17) is 16.3 Å². The molecule has 0 saturated heterocycles. The second kappa shape index (κ2) is 9.33. The summed E-state index contributed by atoms with van der Waals surface area (Å²) in [4.78, 5) is 8.92. The van der Waals surface area contributed by atoms with E-state index >= 15 is 0 Å². The molecule has 0 spiro atoms. The van der Waals surface area contributed by atoms with Gasteiger partial charge in [0.05, 0.1) is 12.3 Å². The van der Waals surface area contributed by atoms with Crippen molar-refractivity contribution >= 4 is 23.5 Å². The van der Waals surface area contributed by atoms with E-state index in [-0.39, 0.29) is 0 Å². The van der Waals surface area contributed by atoms with Gasteiger partial charge in [0.25, 0.3) is 0 Å². The third-order valence-electron chi connectivity index (χ3n) is 4.32. The molecule has 0 fully saturated rings. The van der Waals surface area contributed by atoms with Gasteiger partial charge in [-0.1, -0.05) is 30.7 Å². The topological polar surface area (TPSA) is 34.5 Å². The molecule has 3 rings (SSSR count). The lowest BCUT2D eigenvalue weighted by molar-refractivity contribution is 0.320. The van der Waals surface area contributed by atoms with Gasteiger partial charge in [-0.3, -0.25) is 9.98 Å². The molecule has 3 nitrogen and oxygen atoms in total. The predicted molar refractivity (Wildman–Crippen MR) is 113 cm³/mol. The van der Waals surface area contributed by atoms with Crippen molar-refractivity contribution < 1.29 is 4.74 Å². The molecule has 138 valence electrons. The van der Waals surface area contributed by atoms with Crippen molar-refractivity contribution in [2.45, 2.75) is 26.7 Å². The number of ether oxygens (including phenoxy) is 1. The smallest absolute Gasteiger partial charge is 0.119 e. The number of rotatable bonds is 7. The normalized spacial score (nSPS) is 11.1. The Hall–Kier alpha value is -2.65. The molecule has 0 radical (unpaired) electrons. The van der Waals surface area contributed by atoms with E-state index in [9.17, 15) is 0 Å². The van der Waals surface area contributed by atoms with Gasteiger partial charge in [0.15, 0.2) is 0 Å². The predicted octanol–water partition coefficient (Wildman–Crippen LogP) is 5.98. The molecule has 0 saturated carbocycles. The molecule has 4 heteroatoms. The van der Waals surface area contributed by atoms with Gasteiger partial charge in [-0.25, -0.2) is 0 Å². The van der Waals surface area contributed by atoms with Gasteiger partial charge in [0, 0.05) is 29.5 Å². The van der Waals surface area contributed by atoms with Gasteiger partial charge in [-0.2, -0.15) is 0 Å². The van der Waals surface area contributed by atoms with Crippen molar-refractivity contribution in [2.24, 2.45) is 4.99 Å². The zero-order chi connectivity index (χ0) is 19.1. The third kappa shape index (κ3) is 5.66. The Labute approximate surface area is 165 Å². The fourth-order valence-electron chi connectivity index (χ4n) is 2.55. The summed E-state index contributed by atoms with van der Waals surface area (Å²) in [6, 6.07) is 17.9. The fourth-order valence-corrected chi connectivity index (χ4v) is 2.72. The number of hydrogen-bond donors (Lipinski definition) is 0. The summed E-state index contributed by atoms with van der Waals surface area (Å²) in [6.45, 7) is 4.71. The molecule has 1 heterocycles. The molecular weight excluding hydrogens is 356 g/mol. The summed E-state index contributed by atoms with van der Waals surface area (Å²) in [5, 5.41) is 0.729. The zero-order valence-corrected chi connectivity index (χ0v) is 16.4. The highest BCUT2D eigenvalue weighted by Crippen LogP contribution is 2.22. The lowest BCUT2D eigenvalue weighted by atomic mass is 10.2. The van der Waals surface area contributed by atoms with Crippen molar-refractivity contribution in [1.29, 1.82) is 0 Å². The van der Waals surface area contributed by atoms with E-state index in [1.807, 2.05) is 61.8 Å². The minimum absolute atomic E-state index is 0.605. The third-order valence-corrected chi connectivity index (χ3v) is 4.73. The summed E-state index contributed by atoms with van der Waals surface area (Å²) in [6.07, 6.45) is 5.56. The summed E-state index contributed by atoms with van der Waals surface area (Å²) < 4.78 is 5.81. The molecule has 0 aliphatic heterocycles. The SMILES string of the molecule is CCc1ccc(CCOc2ccc(C=Nc3ccc(C)c(Cl)c3)cc2)nc1. The van der Waals surface area contributed by atoms with Crippen LogP contribution in [0.4, 0.5) is 5.69 Å². The van der Waals surface area contributed by atoms with Gasteiger partial charge in [0.1, 0.15) is 5.75 Å². The van der Waals surface area contributed by atoms with Crippen LogP contribution in [0.15, 0.2) is 65.8 Å². The van der Waals surface area contributed by atoms with E-state index < -0.39 is 0 Å². The summed E-state index contributed by atoms with van der Waals surface area (Å²) in [7, 11) is 0. The van der Waals surface area contributed by atoms with Crippen LogP contribution in [0.5, 0.6) is 5.75 Å². The Kier molecular flexibility index (Phi) is 6.61. The first-order valence-electron chi connectivity index (χ1n) is 9.11. The summed E-state index contributed by atoms with van der Waals surface area (Å²) in [5.74, 6) is 0.843. The first-order valence-corrected chi connectivity index (χ1v) is 9.49. The highest BCUT2D eigenvalue weighted by Gasteiger charge is 1.99. The number of benzene rings is 2. The van der Waals surface area contributed by atoms with E-state index in [0.717, 1.165) is 46.1 Å². The van der Waals surface area contributed by atoms with Gasteiger partial charge in [-0.15, -0.1) is 0 Å². The Balaban J connectivity index is 1.52. The largest absolute Gasteiger partial charge is 0.493 e. The van der Waals surface area contributed by atoms with Crippen LogP contribution in [-0.4, -0.2) is 17.8 Å². The maximum absolute atomic E-state index is 6.13. The van der Waals surface area contributed by atoms with E-state index in [1.165, 1.54) is 5.56 Å². The second-order valence-corrected chi connectivity index (χ2v) is 6.78. The van der Waals surface area contributed by atoms with E-state index in [2.05, 4.69) is 29.0 Å². The quantitative estimate of drug-likeness (QED) is 0.474. The number of aromatic nitrogens is 1. The molecule has 0 amide bonds. The zero-order valence-electron chi connectivity index (χ0n) is 15.7. The maximum atomic E-state index is 6.13. The number of halogens is 1. The molecule has 3 aromatic rings. The minimum atomic E-state index is 0.605. The first kappa shape index (κ1) is 19.1. The van der Waals surface area contributed by atoms with Crippen LogP contribution in [0.1, 0.15) is 29.3 Å². The summed E-state index contributed by atoms with van der Waals surface area (Å²) in [5.41, 5.74) is 5.20. The average Bonchev–Trinajstić information content (AvgIpc) is 2.70. The van der Waals surface area contributed by atoms with Crippen molar-refractivity contribution in [1.82, 2.24) is 4.98 Å². The summed E-state index contributed by atoms with van der Waals surface area (Å²) >= 11 is 6.13. The van der Waals surface area contributed by atoms with Crippen LogP contribution < -0.4 is 4.74 Å². The molecule has 0 aliphatic rings. The van der Waals surface area contributed by atoms with Crippen molar-refractivity contribution in [2.75, 3.05) is 6.61 Å². The Morgan fingerprint density at radius 1 is 1.07 bits per heavy atom. The number of aliphatic imine (C=N–C) groups is 1. The van der Waals surface area contributed by atoms with Crippen LogP contribution in [-0.2, 0) is 12.8 Å². The lowest BCUT2D eigenvalue weighted by Crippen LogP contribution is -2.03. The number of hydrogen-bond acceptors (Lipinski definition) is 3. The van der Waals surface area contributed by atoms with Crippen LogP contribution in [0, 0.1) is 6.92 Å². The van der Waals surface area contributed by atoms with Crippen molar-refractivity contribution in [3.05, 3.63) is 88.2 Å². The van der Waals surface area contributed by atoms with E-state index in [1.54, 1.807) is 0 Å². The van der Waals surface area contributed by atoms with Crippen LogP contribution in [0.25, 0.3) is 0 Å². The van der Waals surface area contributed by atoms with Crippen LogP contribution in [0.2, 0.25) is 5.02 Å². The highest BCUT2D eigenvalue weighted by molar-refractivity contribution is 6.31. The molecule has 2 aromatic carbocycles. The molecule has 0 bridgehead atoms. The molecule has 0 aliphatic carbocycles. The fraction of sp³-hybridized carbons (Fsp3) is 0.217. The second-order valence-electron chi connectivity index (χ2n) is 6.37.